The quantitative estimate of drug-likeness (QED) is 0.714. The number of hydrogen-bond acceptors (Lipinski definition) is 3. The van der Waals surface area contributed by atoms with E-state index in [1.165, 1.54) is 36.3 Å². The van der Waals surface area contributed by atoms with E-state index in [1.54, 1.807) is 0 Å². The summed E-state index contributed by atoms with van der Waals surface area (Å²) >= 11 is 0. The minimum absolute atomic E-state index is 0.0517. The Labute approximate surface area is 169 Å². The van der Waals surface area contributed by atoms with Crippen molar-refractivity contribution in [2.75, 3.05) is 13.6 Å². The van der Waals surface area contributed by atoms with Gasteiger partial charge in [-0.2, -0.15) is 0 Å². The molecule has 5 rings (SSSR count). The Kier molecular flexibility index (Phi) is 3.84. The number of carbonyl (C=O) groups excluding carboxylic acids is 1. The standard InChI is InChI=1S/C24H36N2O2/c1-14-6-9-19-22(2,3)11-16(25-5)12-24(19)23(14,4)10-15-7-8-17-18(20(15)28-24)13-26-21(17)27/h12,14-15,17,19,25H,6-11,13H2,1-5H3,(H,26,27). The maximum atomic E-state index is 12.3. The van der Waals surface area contributed by atoms with E-state index in [-0.39, 0.29) is 28.3 Å². The molecule has 2 N–H and O–H groups in total. The highest BCUT2D eigenvalue weighted by atomic mass is 16.5. The van der Waals surface area contributed by atoms with Gasteiger partial charge in [-0.25, -0.2) is 0 Å². The maximum absolute atomic E-state index is 12.3. The zero-order chi connectivity index (χ0) is 19.9. The number of rotatable bonds is 1. The molecule has 3 fully saturated rings. The molecule has 1 saturated carbocycles. The number of fused-ring (bicyclic) bond motifs is 2. The van der Waals surface area contributed by atoms with Gasteiger partial charge in [0.05, 0.1) is 5.92 Å². The lowest BCUT2D eigenvalue weighted by Crippen LogP contribution is -2.66. The van der Waals surface area contributed by atoms with Gasteiger partial charge >= 0.3 is 0 Å². The van der Waals surface area contributed by atoms with Crippen LogP contribution in [-0.2, 0) is 9.53 Å². The molecular formula is C24H36N2O2. The van der Waals surface area contributed by atoms with Crippen molar-refractivity contribution in [2.45, 2.75) is 71.8 Å². The summed E-state index contributed by atoms with van der Waals surface area (Å²) in [7, 11) is 2.05. The van der Waals surface area contributed by atoms with Gasteiger partial charge in [0.1, 0.15) is 11.4 Å². The lowest BCUT2D eigenvalue weighted by Gasteiger charge is -2.66. The van der Waals surface area contributed by atoms with Gasteiger partial charge in [-0.3, -0.25) is 4.79 Å². The van der Waals surface area contributed by atoms with Crippen molar-refractivity contribution < 1.29 is 9.53 Å². The van der Waals surface area contributed by atoms with Crippen molar-refractivity contribution in [2.24, 2.45) is 34.5 Å². The van der Waals surface area contributed by atoms with Crippen LogP contribution >= 0.6 is 0 Å². The van der Waals surface area contributed by atoms with Crippen molar-refractivity contribution in [1.29, 1.82) is 0 Å². The van der Waals surface area contributed by atoms with Crippen LogP contribution in [0.15, 0.2) is 23.1 Å². The summed E-state index contributed by atoms with van der Waals surface area (Å²) in [6.45, 7) is 10.5. The van der Waals surface area contributed by atoms with E-state index in [2.05, 4.69) is 44.4 Å². The molecule has 0 aromatic rings. The SMILES string of the molecule is CNC1=CC23OC4=C5CNC(=O)C5CCC4CC2(C)C(C)CCC3C(C)(C)C1. The van der Waals surface area contributed by atoms with Gasteiger partial charge in [-0.05, 0) is 61.5 Å². The van der Waals surface area contributed by atoms with Gasteiger partial charge in [0.25, 0.3) is 0 Å². The van der Waals surface area contributed by atoms with Crippen LogP contribution in [0.5, 0.6) is 0 Å². The van der Waals surface area contributed by atoms with E-state index in [9.17, 15) is 4.79 Å². The Hall–Kier alpha value is -1.45. The number of carbonyl (C=O) groups is 1. The fourth-order valence-electron chi connectivity index (χ4n) is 7.58. The van der Waals surface area contributed by atoms with Crippen LogP contribution in [0.2, 0.25) is 0 Å². The molecule has 4 heteroatoms. The number of amides is 1. The first-order chi connectivity index (χ1) is 13.2. The third kappa shape index (κ3) is 2.21. The van der Waals surface area contributed by atoms with E-state index in [0.29, 0.717) is 24.3 Å². The number of hydrogen-bond donors (Lipinski definition) is 2. The number of allylic oxidation sites excluding steroid dienone is 2. The van der Waals surface area contributed by atoms with E-state index < -0.39 is 0 Å². The van der Waals surface area contributed by atoms with Crippen molar-refractivity contribution in [3.8, 4) is 0 Å². The van der Waals surface area contributed by atoms with Gasteiger partial charge in [-0.1, -0.05) is 27.7 Å². The monoisotopic (exact) mass is 384 g/mol. The largest absolute Gasteiger partial charge is 0.486 e. The molecule has 28 heavy (non-hydrogen) atoms. The highest BCUT2D eigenvalue weighted by Crippen LogP contribution is 2.67. The van der Waals surface area contributed by atoms with Crippen LogP contribution in [0.3, 0.4) is 0 Å². The van der Waals surface area contributed by atoms with E-state index in [1.807, 2.05) is 7.05 Å². The molecule has 0 aromatic carbocycles. The van der Waals surface area contributed by atoms with Gasteiger partial charge in [0, 0.05) is 36.5 Å². The molecular weight excluding hydrogens is 348 g/mol. The molecule has 154 valence electrons. The molecule has 1 spiro atoms. The molecule has 3 aliphatic carbocycles. The molecule has 0 aromatic heterocycles. The Morgan fingerprint density at radius 3 is 2.71 bits per heavy atom. The normalized spacial score (nSPS) is 46.3. The van der Waals surface area contributed by atoms with Gasteiger partial charge in [0.15, 0.2) is 0 Å². The highest BCUT2D eigenvalue weighted by molar-refractivity contribution is 5.85. The van der Waals surface area contributed by atoms with Crippen molar-refractivity contribution in [3.63, 3.8) is 0 Å². The van der Waals surface area contributed by atoms with E-state index in [4.69, 9.17) is 4.74 Å². The van der Waals surface area contributed by atoms with Gasteiger partial charge in [-0.15, -0.1) is 0 Å². The lowest BCUT2D eigenvalue weighted by atomic mass is 9.44. The zero-order valence-electron chi connectivity index (χ0n) is 18.2. The predicted octanol–water partition coefficient (Wildman–Crippen LogP) is 4.14. The summed E-state index contributed by atoms with van der Waals surface area (Å²) in [5.74, 6) is 3.07. The van der Waals surface area contributed by atoms with Crippen LogP contribution < -0.4 is 10.6 Å². The molecule has 4 nitrogen and oxygen atoms in total. The minimum Gasteiger partial charge on any atom is -0.486 e. The smallest absolute Gasteiger partial charge is 0.227 e. The first-order valence-corrected chi connectivity index (χ1v) is 11.3. The van der Waals surface area contributed by atoms with Crippen LogP contribution in [-0.4, -0.2) is 25.1 Å². The number of ether oxygens (including phenoxy) is 1. The van der Waals surface area contributed by atoms with Crippen molar-refractivity contribution >= 4 is 5.91 Å². The van der Waals surface area contributed by atoms with E-state index >= 15 is 0 Å². The molecule has 5 aliphatic rings. The molecule has 6 unspecified atom stereocenters. The zero-order valence-corrected chi connectivity index (χ0v) is 18.2. The second-order valence-corrected chi connectivity index (χ2v) is 11.1. The third-order valence-electron chi connectivity index (χ3n) is 9.32. The molecule has 2 saturated heterocycles. The summed E-state index contributed by atoms with van der Waals surface area (Å²) in [6.07, 6.45) is 9.34. The number of nitrogens with one attached hydrogen (secondary N) is 2. The molecule has 1 amide bonds. The summed E-state index contributed by atoms with van der Waals surface area (Å²) in [6, 6.07) is 0. The Morgan fingerprint density at radius 1 is 1.18 bits per heavy atom. The van der Waals surface area contributed by atoms with Crippen molar-refractivity contribution in [1.82, 2.24) is 10.6 Å². The molecule has 2 heterocycles. The van der Waals surface area contributed by atoms with Crippen LogP contribution in [0.25, 0.3) is 0 Å². The van der Waals surface area contributed by atoms with Crippen molar-refractivity contribution in [3.05, 3.63) is 23.1 Å². The second kappa shape index (κ2) is 5.79. The minimum atomic E-state index is -0.267. The fourth-order valence-corrected chi connectivity index (χ4v) is 7.58. The second-order valence-electron chi connectivity index (χ2n) is 11.1. The molecule has 6 atom stereocenters. The molecule has 0 radical (unpaired) electrons. The Bertz CT molecular complexity index is 781. The van der Waals surface area contributed by atoms with Gasteiger partial charge in [0.2, 0.25) is 5.91 Å². The molecule has 0 bridgehead atoms. The Morgan fingerprint density at radius 2 is 1.96 bits per heavy atom. The average molecular weight is 385 g/mol. The molecule has 2 aliphatic heterocycles. The topological polar surface area (TPSA) is 50.4 Å². The lowest BCUT2D eigenvalue weighted by molar-refractivity contribution is -0.221. The van der Waals surface area contributed by atoms with Crippen LogP contribution in [0.1, 0.15) is 66.2 Å². The summed E-state index contributed by atoms with van der Waals surface area (Å²) in [5.41, 5.74) is 2.64. The van der Waals surface area contributed by atoms with Gasteiger partial charge < -0.3 is 15.4 Å². The van der Waals surface area contributed by atoms with Crippen LogP contribution in [0, 0.1) is 34.5 Å². The predicted molar refractivity (Wildman–Crippen MR) is 110 cm³/mol. The Balaban J connectivity index is 1.70. The first-order valence-electron chi connectivity index (χ1n) is 11.3. The fraction of sp³-hybridized carbons (Fsp3) is 0.792. The van der Waals surface area contributed by atoms with E-state index in [0.717, 1.165) is 19.3 Å². The summed E-state index contributed by atoms with van der Waals surface area (Å²) in [4.78, 5) is 12.3. The first kappa shape index (κ1) is 18.6. The maximum Gasteiger partial charge on any atom is 0.227 e. The summed E-state index contributed by atoms with van der Waals surface area (Å²) < 4.78 is 7.26. The summed E-state index contributed by atoms with van der Waals surface area (Å²) in [5, 5.41) is 6.56. The highest BCUT2D eigenvalue weighted by Gasteiger charge is 2.67. The third-order valence-corrected chi connectivity index (χ3v) is 9.32. The van der Waals surface area contributed by atoms with Crippen LogP contribution in [0.4, 0.5) is 0 Å². The average Bonchev–Trinajstić information content (AvgIpc) is 3.02.